The van der Waals surface area contributed by atoms with Crippen molar-refractivity contribution in [2.75, 3.05) is 0 Å². The van der Waals surface area contributed by atoms with Gasteiger partial charge in [-0.05, 0) is 19.8 Å². The van der Waals surface area contributed by atoms with Gasteiger partial charge in [0, 0.05) is 6.20 Å². The molecular formula is C14H19N4NaO3S. The smallest absolute Gasteiger partial charge is 0.548 e. The van der Waals surface area contributed by atoms with Gasteiger partial charge in [-0.25, -0.2) is 0 Å². The third-order valence-electron chi connectivity index (χ3n) is 4.28. The molecule has 2 aliphatic heterocycles. The first-order valence-electron chi connectivity index (χ1n) is 7.53. The van der Waals surface area contributed by atoms with Crippen LogP contribution in [-0.4, -0.2) is 47.9 Å². The number of carboxylic acids is 1. The van der Waals surface area contributed by atoms with Gasteiger partial charge in [-0.1, -0.05) is 18.6 Å². The van der Waals surface area contributed by atoms with Crippen molar-refractivity contribution in [1.82, 2.24) is 19.9 Å². The fourth-order valence-electron chi connectivity index (χ4n) is 3.18. The molecule has 0 radical (unpaired) electrons. The fraction of sp³-hybridized carbons (Fsp3) is 0.714. The van der Waals surface area contributed by atoms with Crippen LogP contribution in [0.25, 0.3) is 0 Å². The van der Waals surface area contributed by atoms with E-state index in [1.165, 1.54) is 16.7 Å². The van der Waals surface area contributed by atoms with E-state index in [9.17, 15) is 14.7 Å². The van der Waals surface area contributed by atoms with E-state index in [1.807, 2.05) is 13.1 Å². The number of aromatic nitrogens is 3. The van der Waals surface area contributed by atoms with Gasteiger partial charge in [0.05, 0.1) is 40.8 Å². The summed E-state index contributed by atoms with van der Waals surface area (Å²) in [6.07, 6.45) is 5.29. The topological polar surface area (TPSA) is 91.2 Å². The minimum atomic E-state index is -1.20. The number of fused-ring (bicyclic) bond motifs is 1. The summed E-state index contributed by atoms with van der Waals surface area (Å²) < 4.78 is 1.04. The number of aliphatic carboxylic acids is 1. The van der Waals surface area contributed by atoms with E-state index in [1.54, 1.807) is 4.68 Å². The molecule has 2 aliphatic rings. The maximum absolute atomic E-state index is 11.7. The van der Waals surface area contributed by atoms with E-state index in [0.29, 0.717) is 13.0 Å². The van der Waals surface area contributed by atoms with Crippen molar-refractivity contribution in [3.63, 3.8) is 0 Å². The summed E-state index contributed by atoms with van der Waals surface area (Å²) in [5, 5.41) is 19.7. The second-order valence-electron chi connectivity index (χ2n) is 6.12. The quantitative estimate of drug-likeness (QED) is 0.398. The van der Waals surface area contributed by atoms with Crippen LogP contribution in [0, 0.1) is 0 Å². The van der Waals surface area contributed by atoms with Gasteiger partial charge in [0.25, 0.3) is 0 Å². The van der Waals surface area contributed by atoms with Gasteiger partial charge in [-0.2, -0.15) is 0 Å². The Labute approximate surface area is 161 Å². The molecule has 120 valence electrons. The van der Waals surface area contributed by atoms with E-state index in [0.717, 1.165) is 25.0 Å². The Bertz CT molecular complexity index is 611. The first-order valence-corrected chi connectivity index (χ1v) is 8.41. The van der Waals surface area contributed by atoms with Crippen LogP contribution < -0.4 is 34.7 Å². The van der Waals surface area contributed by atoms with Crippen molar-refractivity contribution >= 4 is 23.6 Å². The largest absolute Gasteiger partial charge is 1.00 e. The Morgan fingerprint density at radius 2 is 2.30 bits per heavy atom. The third-order valence-corrected chi connectivity index (χ3v) is 5.84. The molecule has 0 spiro atoms. The average Bonchev–Trinajstić information content (AvgIpc) is 2.97. The van der Waals surface area contributed by atoms with Crippen molar-refractivity contribution in [1.29, 1.82) is 0 Å². The van der Waals surface area contributed by atoms with E-state index in [-0.39, 0.29) is 40.8 Å². The van der Waals surface area contributed by atoms with Gasteiger partial charge in [-0.15, -0.1) is 16.9 Å². The number of thioether (sulfide) groups is 1. The molecule has 1 aromatic heterocycles. The molecule has 3 heterocycles. The first kappa shape index (κ1) is 18.8. The fourth-order valence-corrected chi connectivity index (χ4v) is 4.92. The Morgan fingerprint density at radius 3 is 2.91 bits per heavy atom. The molecule has 0 N–H and O–H groups in total. The number of rotatable bonds is 6. The van der Waals surface area contributed by atoms with Crippen LogP contribution in [0.15, 0.2) is 6.20 Å². The third kappa shape index (κ3) is 3.45. The standard InChI is InChI=1S/C14H20N4O3S.Na/c1-3-4-5-9-7-17(16-15-9)8-14(2)12(13(20)21)18-10(19)6-11(18)22-14;/h7,11-12H,3-6,8H2,1-2H3,(H,20,21);/q;+1/p-1/t11-,12+,14+;/m1./s1. The second-order valence-corrected chi connectivity index (χ2v) is 7.84. The summed E-state index contributed by atoms with van der Waals surface area (Å²) in [5.74, 6) is -1.31. The zero-order chi connectivity index (χ0) is 15.9. The number of hydrogen-bond donors (Lipinski definition) is 0. The number of unbranched alkanes of at least 4 members (excludes halogenated alkanes) is 1. The summed E-state index contributed by atoms with van der Waals surface area (Å²) in [7, 11) is 0. The normalized spacial score (nSPS) is 29.0. The minimum Gasteiger partial charge on any atom is -0.548 e. The number of carbonyl (C=O) groups excluding carboxylic acids is 2. The Kier molecular flexibility index (Phi) is 5.81. The number of aryl methyl sites for hydroxylation is 1. The van der Waals surface area contributed by atoms with Crippen molar-refractivity contribution < 1.29 is 44.3 Å². The molecular weight excluding hydrogens is 327 g/mol. The molecule has 9 heteroatoms. The monoisotopic (exact) mass is 346 g/mol. The van der Waals surface area contributed by atoms with Crippen molar-refractivity contribution in [3.05, 3.63) is 11.9 Å². The van der Waals surface area contributed by atoms with Gasteiger partial charge in [0.1, 0.15) is 0 Å². The maximum Gasteiger partial charge on any atom is 1.00 e. The van der Waals surface area contributed by atoms with Crippen LogP contribution in [-0.2, 0) is 22.6 Å². The molecule has 3 atom stereocenters. The number of carboxylic acid groups (broad SMARTS) is 1. The SMILES string of the molecule is CCCCc1cn(C[C@]2(C)S[C@@H]3CC(=O)N3[C@H]2C(=O)[O-])nn1.[Na+]. The van der Waals surface area contributed by atoms with Gasteiger partial charge in [0.15, 0.2) is 0 Å². The Morgan fingerprint density at radius 1 is 1.57 bits per heavy atom. The van der Waals surface area contributed by atoms with Gasteiger partial charge in [0.2, 0.25) is 5.91 Å². The Balaban J connectivity index is 0.00000192. The first-order chi connectivity index (χ1) is 10.4. The number of amides is 1. The minimum absolute atomic E-state index is 0. The van der Waals surface area contributed by atoms with Gasteiger partial charge in [-0.3, -0.25) is 9.48 Å². The van der Waals surface area contributed by atoms with Gasteiger partial charge >= 0.3 is 29.6 Å². The molecule has 0 aromatic carbocycles. The summed E-state index contributed by atoms with van der Waals surface area (Å²) in [6.45, 7) is 4.37. The number of hydrogen-bond acceptors (Lipinski definition) is 6. The van der Waals surface area contributed by atoms with E-state index in [2.05, 4.69) is 17.2 Å². The summed E-state index contributed by atoms with van der Waals surface area (Å²) in [5.41, 5.74) is 0.915. The molecule has 0 saturated carbocycles. The predicted octanol–water partition coefficient (Wildman–Crippen LogP) is -3.19. The summed E-state index contributed by atoms with van der Waals surface area (Å²) in [6, 6.07) is -0.910. The summed E-state index contributed by atoms with van der Waals surface area (Å²) in [4.78, 5) is 24.6. The number of β-lactam (4-membered cyclic amide) rings is 1. The van der Waals surface area contributed by atoms with Crippen molar-refractivity contribution in [3.8, 4) is 0 Å². The second kappa shape index (κ2) is 7.13. The molecule has 7 nitrogen and oxygen atoms in total. The zero-order valence-corrected chi connectivity index (χ0v) is 16.5. The zero-order valence-electron chi connectivity index (χ0n) is 13.7. The maximum atomic E-state index is 11.7. The van der Waals surface area contributed by atoms with Crippen LogP contribution in [0.4, 0.5) is 0 Å². The molecule has 0 bridgehead atoms. The molecule has 1 amide bonds. The molecule has 2 fully saturated rings. The average molecular weight is 346 g/mol. The van der Waals surface area contributed by atoms with Crippen LogP contribution in [0.2, 0.25) is 0 Å². The van der Waals surface area contributed by atoms with Crippen molar-refractivity contribution in [2.24, 2.45) is 0 Å². The van der Waals surface area contributed by atoms with E-state index in [4.69, 9.17) is 0 Å². The number of nitrogens with zero attached hydrogens (tertiary/aromatic N) is 4. The van der Waals surface area contributed by atoms with Crippen LogP contribution >= 0.6 is 11.8 Å². The Hall–Kier alpha value is -0.570. The molecule has 0 aliphatic carbocycles. The van der Waals surface area contributed by atoms with E-state index >= 15 is 0 Å². The predicted molar refractivity (Wildman–Crippen MR) is 78.7 cm³/mol. The summed E-state index contributed by atoms with van der Waals surface area (Å²) >= 11 is 1.52. The van der Waals surface area contributed by atoms with Crippen LogP contribution in [0.3, 0.4) is 0 Å². The van der Waals surface area contributed by atoms with Crippen LogP contribution in [0.1, 0.15) is 38.8 Å². The van der Waals surface area contributed by atoms with E-state index < -0.39 is 16.8 Å². The van der Waals surface area contributed by atoms with Crippen molar-refractivity contribution in [2.45, 2.75) is 62.2 Å². The molecule has 23 heavy (non-hydrogen) atoms. The molecule has 2 saturated heterocycles. The molecule has 1 aromatic rings. The molecule has 3 rings (SSSR count). The molecule has 0 unspecified atom stereocenters. The van der Waals surface area contributed by atoms with Crippen LogP contribution in [0.5, 0.6) is 0 Å². The van der Waals surface area contributed by atoms with Gasteiger partial charge < -0.3 is 14.8 Å². The number of carbonyl (C=O) groups is 2.